The van der Waals surface area contributed by atoms with Crippen LogP contribution in [0.15, 0.2) is 30.4 Å². The van der Waals surface area contributed by atoms with E-state index in [0.29, 0.717) is 34.9 Å². The number of rotatable bonds is 4. The largest absolute Gasteiger partial charge is 0.481 e. The number of carbonyl (C=O) groups excluding carboxylic acids is 3. The van der Waals surface area contributed by atoms with Crippen LogP contribution in [0.4, 0.5) is 4.79 Å². The van der Waals surface area contributed by atoms with Crippen molar-refractivity contribution in [3.8, 4) is 11.4 Å². The number of benzene rings is 1. The molecular weight excluding hydrogens is 623 g/mol. The summed E-state index contributed by atoms with van der Waals surface area (Å²) in [5.74, 6) is -1.80. The maximum Gasteiger partial charge on any atom is 0.408 e. The summed E-state index contributed by atoms with van der Waals surface area (Å²) in [5.41, 5.74) is -1.45. The summed E-state index contributed by atoms with van der Waals surface area (Å²) in [6.07, 6.45) is 6.93. The van der Waals surface area contributed by atoms with Crippen molar-refractivity contribution >= 4 is 47.0 Å². The Balaban J connectivity index is 1.45. The number of halogens is 2. The van der Waals surface area contributed by atoms with E-state index in [9.17, 15) is 24.3 Å². The zero-order valence-corrected chi connectivity index (χ0v) is 27.1. The van der Waals surface area contributed by atoms with Crippen molar-refractivity contribution in [3.05, 3.63) is 40.4 Å². The van der Waals surface area contributed by atoms with E-state index in [-0.39, 0.29) is 36.9 Å². The van der Waals surface area contributed by atoms with Crippen LogP contribution in [0.2, 0.25) is 10.0 Å². The lowest BCUT2D eigenvalue weighted by atomic mass is 9.92. The topological polar surface area (TPSA) is 157 Å². The first kappa shape index (κ1) is 32.9. The van der Waals surface area contributed by atoms with E-state index in [1.54, 1.807) is 39.0 Å². The minimum absolute atomic E-state index is 0.0648. The lowest BCUT2D eigenvalue weighted by Crippen LogP contribution is -2.52. The SMILES string of the molecule is CC(C)(C)OC(=O)N[C@@H]1CCCCC/C=C\[C@H]2C[C@]2(C(=O)O)CC(=O)[C@@H]2C[C@H](n3nnc(-c4ccc(Cl)cc4Cl)n3)CN2C1=O. The average molecular weight is 662 g/mol. The zero-order valence-electron chi connectivity index (χ0n) is 25.5. The highest BCUT2D eigenvalue weighted by atomic mass is 35.5. The van der Waals surface area contributed by atoms with Gasteiger partial charge in [-0.3, -0.25) is 14.4 Å². The highest BCUT2D eigenvalue weighted by Crippen LogP contribution is 2.57. The number of fused-ring (bicyclic) bond motifs is 2. The summed E-state index contributed by atoms with van der Waals surface area (Å²) < 4.78 is 5.44. The van der Waals surface area contributed by atoms with Crippen molar-refractivity contribution < 1.29 is 29.0 Å². The molecule has 1 saturated carbocycles. The number of tetrazole rings is 1. The van der Waals surface area contributed by atoms with Gasteiger partial charge in [-0.05, 0) is 75.8 Å². The number of hydrogen-bond donors (Lipinski definition) is 2. The second-order valence-electron chi connectivity index (χ2n) is 13.1. The van der Waals surface area contributed by atoms with Crippen LogP contribution in [0.25, 0.3) is 11.4 Å². The van der Waals surface area contributed by atoms with Crippen molar-refractivity contribution in [1.82, 2.24) is 30.4 Å². The summed E-state index contributed by atoms with van der Waals surface area (Å²) in [7, 11) is 0. The molecule has 2 aliphatic heterocycles. The summed E-state index contributed by atoms with van der Waals surface area (Å²) in [4.78, 5) is 56.1. The summed E-state index contributed by atoms with van der Waals surface area (Å²) in [5, 5.41) is 26.5. The third-order valence-electron chi connectivity index (χ3n) is 8.63. The Morgan fingerprint density at radius 1 is 1.16 bits per heavy atom. The molecular formula is C31H38Cl2N6O6. The molecule has 3 heterocycles. The van der Waals surface area contributed by atoms with Gasteiger partial charge < -0.3 is 20.1 Å². The molecule has 1 saturated heterocycles. The first-order valence-corrected chi connectivity index (χ1v) is 16.0. The van der Waals surface area contributed by atoms with Crippen LogP contribution in [0.1, 0.15) is 78.2 Å². The Hall–Kier alpha value is -3.51. The number of aliphatic carboxylic acids is 1. The van der Waals surface area contributed by atoms with Crippen LogP contribution in [0.3, 0.4) is 0 Å². The average Bonchev–Trinajstić information content (AvgIpc) is 3.26. The predicted molar refractivity (Wildman–Crippen MR) is 166 cm³/mol. The van der Waals surface area contributed by atoms with Crippen LogP contribution in [0.5, 0.6) is 0 Å². The number of carboxylic acids is 1. The molecule has 0 unspecified atom stereocenters. The number of alkyl carbamates (subject to hydrolysis) is 1. The van der Waals surface area contributed by atoms with Gasteiger partial charge in [-0.15, -0.1) is 10.2 Å². The molecule has 3 aliphatic rings. The molecule has 2 aromatic rings. The van der Waals surface area contributed by atoms with Crippen LogP contribution in [0, 0.1) is 11.3 Å². The lowest BCUT2D eigenvalue weighted by Gasteiger charge is -2.30. The number of ketones is 1. The van der Waals surface area contributed by atoms with Crippen molar-refractivity contribution in [2.75, 3.05) is 6.54 Å². The van der Waals surface area contributed by atoms with Gasteiger partial charge in [0.15, 0.2) is 5.78 Å². The minimum Gasteiger partial charge on any atom is -0.481 e. The molecule has 1 aromatic carbocycles. The molecule has 12 nitrogen and oxygen atoms in total. The number of hydrogen-bond acceptors (Lipinski definition) is 8. The van der Waals surface area contributed by atoms with E-state index in [1.807, 2.05) is 12.2 Å². The second-order valence-corrected chi connectivity index (χ2v) is 14.0. The van der Waals surface area contributed by atoms with E-state index >= 15 is 0 Å². The highest BCUT2D eigenvalue weighted by molar-refractivity contribution is 6.36. The number of Topliss-reactive ketones (excluding diaryl/α,β-unsaturated/α-hetero) is 1. The molecule has 2 amide bonds. The maximum absolute atomic E-state index is 14.2. The van der Waals surface area contributed by atoms with Crippen LogP contribution in [-0.4, -0.2) is 78.2 Å². The number of allylic oxidation sites excluding steroid dienone is 2. The van der Waals surface area contributed by atoms with Crippen molar-refractivity contribution in [3.63, 3.8) is 0 Å². The van der Waals surface area contributed by atoms with Gasteiger partial charge >= 0.3 is 12.1 Å². The second kappa shape index (κ2) is 13.1. The van der Waals surface area contributed by atoms with E-state index in [2.05, 4.69) is 20.7 Å². The number of carbonyl (C=O) groups is 4. The van der Waals surface area contributed by atoms with Gasteiger partial charge in [0, 0.05) is 30.0 Å². The smallest absolute Gasteiger partial charge is 0.408 e. The Labute approximate surface area is 271 Å². The molecule has 5 atom stereocenters. The van der Waals surface area contributed by atoms with Gasteiger partial charge in [-0.2, -0.15) is 4.80 Å². The van der Waals surface area contributed by atoms with Gasteiger partial charge in [-0.1, -0.05) is 48.2 Å². The molecule has 14 heteroatoms. The maximum atomic E-state index is 14.2. The zero-order chi connectivity index (χ0) is 32.5. The predicted octanol–water partition coefficient (Wildman–Crippen LogP) is 5.25. The molecule has 242 valence electrons. The fourth-order valence-electron chi connectivity index (χ4n) is 6.18. The Bertz CT molecular complexity index is 1510. The number of aromatic nitrogens is 4. The van der Waals surface area contributed by atoms with Gasteiger partial charge in [-0.25, -0.2) is 4.79 Å². The van der Waals surface area contributed by atoms with E-state index < -0.39 is 47.1 Å². The summed E-state index contributed by atoms with van der Waals surface area (Å²) in [6.45, 7) is 5.27. The van der Waals surface area contributed by atoms with Crippen molar-refractivity contribution in [1.29, 1.82) is 0 Å². The van der Waals surface area contributed by atoms with Gasteiger partial charge in [0.1, 0.15) is 11.6 Å². The number of nitrogens with one attached hydrogen (secondary N) is 1. The Morgan fingerprint density at radius 2 is 1.93 bits per heavy atom. The van der Waals surface area contributed by atoms with Crippen LogP contribution in [-0.2, 0) is 19.1 Å². The standard InChI is InChI=1S/C31H38Cl2N6O6/c1-30(2,3)45-29(44)34-23-10-8-6-4-5-7-9-18-15-31(18,28(42)43)16-25(40)24-14-20(17-38(24)27(23)41)39-36-26(35-37-39)21-12-11-19(32)13-22(21)33/h7,9,11-13,18,20,23-24H,4-6,8,10,14-17H2,1-3H3,(H,34,44)(H,42,43)/b9-7-/t18-,20-,23+,24-,31-/m0/s1. The minimum atomic E-state index is -1.20. The quantitative estimate of drug-likeness (QED) is 0.418. The Morgan fingerprint density at radius 3 is 2.64 bits per heavy atom. The molecule has 1 aliphatic carbocycles. The van der Waals surface area contributed by atoms with Gasteiger partial charge in [0.25, 0.3) is 0 Å². The van der Waals surface area contributed by atoms with E-state index in [1.165, 1.54) is 9.70 Å². The molecule has 0 bridgehead atoms. The number of carboxylic acid groups (broad SMARTS) is 1. The fourth-order valence-corrected chi connectivity index (χ4v) is 6.68. The van der Waals surface area contributed by atoms with E-state index in [0.717, 1.165) is 19.3 Å². The lowest BCUT2D eigenvalue weighted by molar-refractivity contribution is -0.147. The molecule has 0 spiro atoms. The molecule has 0 radical (unpaired) electrons. The van der Waals surface area contributed by atoms with E-state index in [4.69, 9.17) is 27.9 Å². The monoisotopic (exact) mass is 660 g/mol. The molecule has 2 fully saturated rings. The number of ether oxygens (including phenoxy) is 1. The third-order valence-corrected chi connectivity index (χ3v) is 9.18. The number of nitrogens with zero attached hydrogens (tertiary/aromatic N) is 5. The molecule has 5 rings (SSSR count). The third kappa shape index (κ3) is 7.49. The summed E-state index contributed by atoms with van der Waals surface area (Å²) in [6, 6.07) is 2.49. The molecule has 1 aromatic heterocycles. The first-order valence-electron chi connectivity index (χ1n) is 15.2. The Kier molecular flexibility index (Phi) is 9.55. The fraction of sp³-hybridized carbons (Fsp3) is 0.581. The van der Waals surface area contributed by atoms with Crippen LogP contribution >= 0.6 is 23.2 Å². The number of amides is 2. The highest BCUT2D eigenvalue weighted by Gasteiger charge is 2.61. The van der Waals surface area contributed by atoms with Gasteiger partial charge in [0.05, 0.1) is 22.5 Å². The van der Waals surface area contributed by atoms with Crippen LogP contribution < -0.4 is 5.32 Å². The van der Waals surface area contributed by atoms with Crippen molar-refractivity contribution in [2.24, 2.45) is 11.3 Å². The van der Waals surface area contributed by atoms with Crippen molar-refractivity contribution in [2.45, 2.75) is 95.9 Å². The molecule has 2 N–H and O–H groups in total. The first-order chi connectivity index (χ1) is 21.3. The molecule has 45 heavy (non-hydrogen) atoms. The normalized spacial score (nSPS) is 28.3. The summed E-state index contributed by atoms with van der Waals surface area (Å²) >= 11 is 12.4. The van der Waals surface area contributed by atoms with Gasteiger partial charge in [0.2, 0.25) is 11.7 Å².